The zero-order valence-corrected chi connectivity index (χ0v) is 62.9. The number of phosphoric acid groups is 2. The molecule has 0 radical (unpaired) electrons. The second-order valence-electron chi connectivity index (χ2n) is 27.5. The number of carbonyl (C=O) groups excluding carboxylic acids is 4. The molecule has 19 heteroatoms. The fraction of sp³-hybridized carbons (Fsp3) is 0.947. The minimum Gasteiger partial charge on any atom is -0.462 e. The summed E-state index contributed by atoms with van der Waals surface area (Å²) in [4.78, 5) is 72.7. The smallest absolute Gasteiger partial charge is 0.462 e. The summed E-state index contributed by atoms with van der Waals surface area (Å²) in [6.07, 6.45) is 56.8. The molecule has 0 aromatic heterocycles. The topological polar surface area (TPSA) is 237 Å². The van der Waals surface area contributed by atoms with E-state index in [2.05, 4.69) is 34.6 Å². The van der Waals surface area contributed by atoms with Crippen LogP contribution in [-0.4, -0.2) is 96.7 Å². The molecule has 2 unspecified atom stereocenters. The Hall–Kier alpha value is -1.94. The van der Waals surface area contributed by atoms with E-state index in [4.69, 9.17) is 37.0 Å². The van der Waals surface area contributed by atoms with Crippen molar-refractivity contribution >= 4 is 39.5 Å². The highest BCUT2D eigenvalue weighted by Crippen LogP contribution is 2.45. The van der Waals surface area contributed by atoms with E-state index in [9.17, 15) is 43.2 Å². The van der Waals surface area contributed by atoms with E-state index in [-0.39, 0.29) is 25.7 Å². The van der Waals surface area contributed by atoms with Gasteiger partial charge in [0.15, 0.2) is 12.2 Å². The molecule has 0 aliphatic heterocycles. The molecule has 94 heavy (non-hydrogen) atoms. The van der Waals surface area contributed by atoms with Gasteiger partial charge < -0.3 is 33.8 Å². The number of hydrogen-bond acceptors (Lipinski definition) is 15. The lowest BCUT2D eigenvalue weighted by atomic mass is 10.0. The molecule has 3 N–H and O–H groups in total. The molecule has 0 saturated carbocycles. The molecule has 0 bridgehead atoms. The first kappa shape index (κ1) is 92.1. The van der Waals surface area contributed by atoms with Crippen molar-refractivity contribution in [2.45, 2.75) is 412 Å². The zero-order chi connectivity index (χ0) is 69.1. The van der Waals surface area contributed by atoms with E-state index in [0.717, 1.165) is 102 Å². The average Bonchev–Trinajstić information content (AvgIpc) is 1.10. The van der Waals surface area contributed by atoms with Crippen molar-refractivity contribution in [3.8, 4) is 0 Å². The lowest BCUT2D eigenvalue weighted by Gasteiger charge is -2.21. The Balaban J connectivity index is 5.20. The van der Waals surface area contributed by atoms with Gasteiger partial charge in [-0.25, -0.2) is 9.13 Å². The molecule has 558 valence electrons. The van der Waals surface area contributed by atoms with Gasteiger partial charge in [-0.15, -0.1) is 0 Å². The van der Waals surface area contributed by atoms with Gasteiger partial charge in [-0.05, 0) is 31.6 Å². The van der Waals surface area contributed by atoms with Crippen molar-refractivity contribution in [1.82, 2.24) is 0 Å². The Kier molecular flexibility index (Phi) is 66.8. The maximum atomic E-state index is 13.1. The lowest BCUT2D eigenvalue weighted by Crippen LogP contribution is -2.30. The molecular weight excluding hydrogens is 1230 g/mol. The van der Waals surface area contributed by atoms with E-state index in [1.807, 2.05) is 0 Å². The summed E-state index contributed by atoms with van der Waals surface area (Å²) in [5, 5.41) is 10.6. The Morgan fingerprint density at radius 1 is 0.287 bits per heavy atom. The van der Waals surface area contributed by atoms with Crippen LogP contribution in [-0.2, 0) is 65.4 Å². The highest BCUT2D eigenvalue weighted by molar-refractivity contribution is 7.47. The molecule has 17 nitrogen and oxygen atoms in total. The molecule has 0 aromatic rings. The lowest BCUT2D eigenvalue weighted by molar-refractivity contribution is -0.161. The minimum absolute atomic E-state index is 0.107. The highest BCUT2D eigenvalue weighted by Gasteiger charge is 2.30. The molecule has 0 aliphatic carbocycles. The molecule has 0 spiro atoms. The maximum Gasteiger partial charge on any atom is 0.472 e. The van der Waals surface area contributed by atoms with Crippen LogP contribution in [0.15, 0.2) is 0 Å². The summed E-state index contributed by atoms with van der Waals surface area (Å²) < 4.78 is 68.4. The second kappa shape index (κ2) is 68.2. The Bertz CT molecular complexity index is 1810. The third kappa shape index (κ3) is 68.6. The summed E-state index contributed by atoms with van der Waals surface area (Å²) in [5.74, 6) is -1.31. The fourth-order valence-corrected chi connectivity index (χ4v) is 13.1. The van der Waals surface area contributed by atoms with Crippen LogP contribution in [0.25, 0.3) is 0 Å². The zero-order valence-electron chi connectivity index (χ0n) is 61.1. The van der Waals surface area contributed by atoms with Gasteiger partial charge in [0.1, 0.15) is 19.3 Å². The van der Waals surface area contributed by atoms with Crippen LogP contribution in [0.5, 0.6) is 0 Å². The van der Waals surface area contributed by atoms with E-state index < -0.39 is 97.5 Å². The number of rotatable bonds is 75. The third-order valence-corrected chi connectivity index (χ3v) is 19.4. The van der Waals surface area contributed by atoms with E-state index in [1.54, 1.807) is 0 Å². The number of carbonyl (C=O) groups is 4. The molecule has 0 aliphatic rings. The molecule has 0 fully saturated rings. The standard InChI is InChI=1S/C75H146O17P2/c1-6-9-12-15-18-21-23-25-28-32-36-39-44-49-54-59-73(78)86-65-71(92-75(80)61-56-51-46-41-37-33-30-27-26-29-31-34-38-42-47-52-57-68(4)5)67-90-94(83,84)88-63-69(76)62-87-93(81,82)89-66-70(64-85-72(77)58-53-48-43-20-17-14-11-8-3)91-74(79)60-55-50-45-40-35-24-22-19-16-13-10-7-2/h68-71,76H,6-67H2,1-5H3,(H,81,82)(H,83,84)/t69-,70+,71+/m0/s1. The molecule has 5 atom stereocenters. The number of unbranched alkanes of at least 4 members (excludes halogenated alkanes) is 47. The van der Waals surface area contributed by atoms with Gasteiger partial charge in [-0.3, -0.25) is 37.3 Å². The number of ether oxygens (including phenoxy) is 4. The predicted octanol–water partition coefficient (Wildman–Crippen LogP) is 22.1. The van der Waals surface area contributed by atoms with Crippen molar-refractivity contribution in [2.75, 3.05) is 39.6 Å². The van der Waals surface area contributed by atoms with Gasteiger partial charge in [0.05, 0.1) is 26.4 Å². The third-order valence-electron chi connectivity index (χ3n) is 17.5. The summed E-state index contributed by atoms with van der Waals surface area (Å²) in [7, 11) is -9.90. The van der Waals surface area contributed by atoms with Gasteiger partial charge in [0, 0.05) is 25.7 Å². The second-order valence-corrected chi connectivity index (χ2v) is 30.4. The maximum absolute atomic E-state index is 13.1. The number of aliphatic hydroxyl groups is 1. The summed E-state index contributed by atoms with van der Waals surface area (Å²) >= 11 is 0. The van der Waals surface area contributed by atoms with E-state index in [0.29, 0.717) is 25.7 Å². The molecule has 0 aromatic carbocycles. The predicted molar refractivity (Wildman–Crippen MR) is 382 cm³/mol. The molecule has 0 rings (SSSR count). The monoisotopic (exact) mass is 1380 g/mol. The Morgan fingerprint density at radius 3 is 0.723 bits per heavy atom. The van der Waals surface area contributed by atoms with Crippen molar-refractivity contribution < 1.29 is 80.2 Å². The van der Waals surface area contributed by atoms with Gasteiger partial charge in [0.2, 0.25) is 0 Å². The minimum atomic E-state index is -4.96. The number of esters is 4. The number of aliphatic hydroxyl groups excluding tert-OH is 1. The molecule has 0 saturated heterocycles. The van der Waals surface area contributed by atoms with Crippen LogP contribution in [0, 0.1) is 5.92 Å². The highest BCUT2D eigenvalue weighted by atomic mass is 31.2. The van der Waals surface area contributed by atoms with Crippen LogP contribution in [0.4, 0.5) is 0 Å². The first-order valence-electron chi connectivity index (χ1n) is 39.1. The van der Waals surface area contributed by atoms with Crippen molar-refractivity contribution in [1.29, 1.82) is 0 Å². The van der Waals surface area contributed by atoms with Gasteiger partial charge in [-0.2, -0.15) is 0 Å². The first-order valence-corrected chi connectivity index (χ1v) is 42.1. The normalized spacial score (nSPS) is 14.0. The molecule has 0 heterocycles. The van der Waals surface area contributed by atoms with Crippen LogP contribution < -0.4 is 0 Å². The Labute approximate surface area is 575 Å². The fourth-order valence-electron chi connectivity index (χ4n) is 11.5. The SMILES string of the molecule is CCCCCCCCCCCCCCCCCC(=O)OC[C@H](COP(=O)(O)OC[C@@H](O)COP(=O)(O)OC[C@@H](COC(=O)CCCCCCCCCC)OC(=O)CCCCCCCCCCCCCC)OC(=O)CCCCCCCCCCCCCCCCCCC(C)C. The first-order chi connectivity index (χ1) is 45.5. The van der Waals surface area contributed by atoms with Crippen LogP contribution in [0.1, 0.15) is 394 Å². The van der Waals surface area contributed by atoms with Crippen molar-refractivity contribution in [2.24, 2.45) is 5.92 Å². The van der Waals surface area contributed by atoms with Gasteiger partial charge in [-0.1, -0.05) is 343 Å². The summed E-state index contributed by atoms with van der Waals surface area (Å²) in [6.45, 7) is 7.29. The average molecular weight is 1380 g/mol. The van der Waals surface area contributed by atoms with E-state index >= 15 is 0 Å². The van der Waals surface area contributed by atoms with Crippen molar-refractivity contribution in [3.63, 3.8) is 0 Å². The van der Waals surface area contributed by atoms with Crippen LogP contribution in [0.3, 0.4) is 0 Å². The molecule has 0 amide bonds. The van der Waals surface area contributed by atoms with E-state index in [1.165, 1.54) is 212 Å². The molecular formula is C75H146O17P2. The van der Waals surface area contributed by atoms with Crippen LogP contribution in [0.2, 0.25) is 0 Å². The number of hydrogen-bond donors (Lipinski definition) is 3. The number of phosphoric ester groups is 2. The van der Waals surface area contributed by atoms with Crippen LogP contribution >= 0.6 is 15.6 Å². The van der Waals surface area contributed by atoms with Gasteiger partial charge in [0.25, 0.3) is 0 Å². The van der Waals surface area contributed by atoms with Gasteiger partial charge >= 0.3 is 39.5 Å². The summed E-state index contributed by atoms with van der Waals surface area (Å²) in [5.41, 5.74) is 0. The quantitative estimate of drug-likeness (QED) is 0.0222. The summed E-state index contributed by atoms with van der Waals surface area (Å²) in [6, 6.07) is 0. The Morgan fingerprint density at radius 2 is 0.489 bits per heavy atom. The largest absolute Gasteiger partial charge is 0.472 e. The van der Waals surface area contributed by atoms with Crippen molar-refractivity contribution in [3.05, 3.63) is 0 Å².